The SMILES string of the molecule is C/C=C/COCCC(N)=O. The number of allylic oxidation sites excluding steroid dienone is 1. The summed E-state index contributed by atoms with van der Waals surface area (Å²) in [7, 11) is 0. The largest absolute Gasteiger partial charge is 0.377 e. The van der Waals surface area contributed by atoms with Gasteiger partial charge in [0.05, 0.1) is 13.2 Å². The number of amides is 1. The first-order valence-corrected chi connectivity index (χ1v) is 3.24. The number of hydrogen-bond acceptors (Lipinski definition) is 2. The van der Waals surface area contributed by atoms with Crippen molar-refractivity contribution >= 4 is 5.91 Å². The summed E-state index contributed by atoms with van der Waals surface area (Å²) in [5.74, 6) is -0.319. The van der Waals surface area contributed by atoms with Gasteiger partial charge in [-0.05, 0) is 6.92 Å². The van der Waals surface area contributed by atoms with Crippen LogP contribution >= 0.6 is 0 Å². The Morgan fingerprint density at radius 2 is 2.40 bits per heavy atom. The molecule has 0 unspecified atom stereocenters. The van der Waals surface area contributed by atoms with Crippen LogP contribution in [0.25, 0.3) is 0 Å². The molecule has 0 heterocycles. The van der Waals surface area contributed by atoms with Crippen molar-refractivity contribution in [1.29, 1.82) is 0 Å². The second-order valence-corrected chi connectivity index (χ2v) is 1.86. The van der Waals surface area contributed by atoms with E-state index in [4.69, 9.17) is 10.5 Å². The maximum atomic E-state index is 10.2. The van der Waals surface area contributed by atoms with E-state index in [1.54, 1.807) is 0 Å². The molecule has 58 valence electrons. The van der Waals surface area contributed by atoms with Gasteiger partial charge in [0, 0.05) is 6.42 Å². The normalized spacial score (nSPS) is 10.5. The molecule has 0 bridgehead atoms. The highest BCUT2D eigenvalue weighted by molar-refractivity contribution is 5.73. The number of carbonyl (C=O) groups excluding carboxylic acids is 1. The van der Waals surface area contributed by atoms with Crippen LogP contribution in [0.5, 0.6) is 0 Å². The molecule has 3 heteroatoms. The van der Waals surface area contributed by atoms with Crippen LogP contribution in [0.2, 0.25) is 0 Å². The maximum Gasteiger partial charge on any atom is 0.219 e. The molecule has 1 amide bonds. The van der Waals surface area contributed by atoms with Crippen molar-refractivity contribution in [3.05, 3.63) is 12.2 Å². The molecule has 0 aromatic rings. The van der Waals surface area contributed by atoms with Crippen molar-refractivity contribution in [2.45, 2.75) is 13.3 Å². The van der Waals surface area contributed by atoms with Gasteiger partial charge in [-0.1, -0.05) is 12.2 Å². The minimum absolute atomic E-state index is 0.303. The van der Waals surface area contributed by atoms with Gasteiger partial charge in [0.15, 0.2) is 0 Å². The predicted octanol–water partition coefficient (Wildman–Crippen LogP) is 0.455. The molecule has 0 radical (unpaired) electrons. The number of ether oxygens (including phenoxy) is 1. The molecule has 0 aromatic carbocycles. The van der Waals surface area contributed by atoms with Gasteiger partial charge in [0.1, 0.15) is 0 Å². The molecule has 0 aliphatic heterocycles. The van der Waals surface area contributed by atoms with E-state index in [2.05, 4.69) is 0 Å². The summed E-state index contributed by atoms with van der Waals surface area (Å²) >= 11 is 0. The van der Waals surface area contributed by atoms with Gasteiger partial charge in [-0.3, -0.25) is 4.79 Å². The van der Waals surface area contributed by atoms with Gasteiger partial charge in [-0.15, -0.1) is 0 Å². The Bertz CT molecular complexity index is 121. The average molecular weight is 143 g/mol. The lowest BCUT2D eigenvalue weighted by atomic mass is 10.4. The molecule has 0 fully saturated rings. The summed E-state index contributed by atoms with van der Waals surface area (Å²) in [6.45, 7) is 2.89. The fourth-order valence-corrected chi connectivity index (χ4v) is 0.420. The summed E-state index contributed by atoms with van der Waals surface area (Å²) in [6, 6.07) is 0. The first-order chi connectivity index (χ1) is 4.77. The van der Waals surface area contributed by atoms with Gasteiger partial charge in [-0.25, -0.2) is 0 Å². The minimum atomic E-state index is -0.319. The zero-order chi connectivity index (χ0) is 7.82. The molecule has 0 aliphatic carbocycles. The molecular weight excluding hydrogens is 130 g/mol. The first kappa shape index (κ1) is 9.17. The van der Waals surface area contributed by atoms with Gasteiger partial charge >= 0.3 is 0 Å². The van der Waals surface area contributed by atoms with Crippen molar-refractivity contribution in [2.75, 3.05) is 13.2 Å². The second-order valence-electron chi connectivity index (χ2n) is 1.86. The van der Waals surface area contributed by atoms with E-state index in [-0.39, 0.29) is 5.91 Å². The van der Waals surface area contributed by atoms with Gasteiger partial charge in [0.25, 0.3) is 0 Å². The molecule has 0 rings (SSSR count). The van der Waals surface area contributed by atoms with Gasteiger partial charge in [-0.2, -0.15) is 0 Å². The molecule has 2 N–H and O–H groups in total. The highest BCUT2D eigenvalue weighted by Gasteiger charge is 1.91. The third-order valence-electron chi connectivity index (χ3n) is 0.943. The Morgan fingerprint density at radius 3 is 2.90 bits per heavy atom. The number of hydrogen-bond donors (Lipinski definition) is 1. The van der Waals surface area contributed by atoms with E-state index < -0.39 is 0 Å². The molecule has 0 saturated heterocycles. The van der Waals surface area contributed by atoms with E-state index in [1.807, 2.05) is 19.1 Å². The molecule has 0 aliphatic rings. The van der Waals surface area contributed by atoms with Crippen molar-refractivity contribution < 1.29 is 9.53 Å². The molecule has 0 aromatic heterocycles. The Morgan fingerprint density at radius 1 is 1.70 bits per heavy atom. The van der Waals surface area contributed by atoms with Gasteiger partial charge < -0.3 is 10.5 Å². The van der Waals surface area contributed by atoms with Crippen LogP contribution < -0.4 is 5.73 Å². The van der Waals surface area contributed by atoms with E-state index in [0.29, 0.717) is 19.6 Å². The third kappa shape index (κ3) is 7.17. The van der Waals surface area contributed by atoms with E-state index in [9.17, 15) is 4.79 Å². The summed E-state index contributed by atoms with van der Waals surface area (Å²) in [6.07, 6.45) is 4.07. The van der Waals surface area contributed by atoms with Crippen molar-refractivity contribution in [2.24, 2.45) is 5.73 Å². The molecule has 0 saturated carbocycles. The molecule has 0 spiro atoms. The zero-order valence-corrected chi connectivity index (χ0v) is 6.17. The Balaban J connectivity index is 2.98. The number of primary amides is 1. The first-order valence-electron chi connectivity index (χ1n) is 3.24. The van der Waals surface area contributed by atoms with Gasteiger partial charge in [0.2, 0.25) is 5.91 Å². The fraction of sp³-hybridized carbons (Fsp3) is 0.571. The molecule has 3 nitrogen and oxygen atoms in total. The maximum absolute atomic E-state index is 10.2. The summed E-state index contributed by atoms with van der Waals surface area (Å²) in [5.41, 5.74) is 4.87. The van der Waals surface area contributed by atoms with Crippen molar-refractivity contribution in [1.82, 2.24) is 0 Å². The van der Waals surface area contributed by atoms with Crippen LogP contribution in [0.4, 0.5) is 0 Å². The summed E-state index contributed by atoms with van der Waals surface area (Å²) in [4.78, 5) is 10.2. The standard InChI is InChI=1S/C7H13NO2/c1-2-3-5-10-6-4-7(8)9/h2-3H,4-6H2,1H3,(H2,8,9)/b3-2+. The minimum Gasteiger partial charge on any atom is -0.377 e. The van der Waals surface area contributed by atoms with Crippen LogP contribution in [0, 0.1) is 0 Å². The molecule has 0 atom stereocenters. The van der Waals surface area contributed by atoms with Crippen LogP contribution in [-0.2, 0) is 9.53 Å². The van der Waals surface area contributed by atoms with Crippen molar-refractivity contribution in [3.63, 3.8) is 0 Å². The zero-order valence-electron chi connectivity index (χ0n) is 6.17. The highest BCUT2D eigenvalue weighted by atomic mass is 16.5. The smallest absolute Gasteiger partial charge is 0.219 e. The lowest BCUT2D eigenvalue weighted by molar-refractivity contribution is -0.118. The molecule has 10 heavy (non-hydrogen) atoms. The quantitative estimate of drug-likeness (QED) is 0.449. The van der Waals surface area contributed by atoms with Crippen LogP contribution in [0.3, 0.4) is 0 Å². The second kappa shape index (κ2) is 6.29. The Kier molecular flexibility index (Phi) is 5.77. The fourth-order valence-electron chi connectivity index (χ4n) is 0.420. The predicted molar refractivity (Wildman–Crippen MR) is 39.4 cm³/mol. The van der Waals surface area contributed by atoms with E-state index >= 15 is 0 Å². The highest BCUT2D eigenvalue weighted by Crippen LogP contribution is 1.81. The monoisotopic (exact) mass is 143 g/mol. The number of nitrogens with two attached hydrogens (primary N) is 1. The third-order valence-corrected chi connectivity index (χ3v) is 0.943. The van der Waals surface area contributed by atoms with Crippen molar-refractivity contribution in [3.8, 4) is 0 Å². The topological polar surface area (TPSA) is 52.3 Å². The average Bonchev–Trinajstić information content (AvgIpc) is 1.87. The number of carbonyl (C=O) groups is 1. The molecular formula is C7H13NO2. The van der Waals surface area contributed by atoms with Crippen LogP contribution in [-0.4, -0.2) is 19.1 Å². The van der Waals surface area contributed by atoms with E-state index in [0.717, 1.165) is 0 Å². The Hall–Kier alpha value is -0.830. The lowest BCUT2D eigenvalue weighted by Crippen LogP contribution is -2.13. The lowest BCUT2D eigenvalue weighted by Gasteiger charge is -1.96. The van der Waals surface area contributed by atoms with E-state index in [1.165, 1.54) is 0 Å². The van der Waals surface area contributed by atoms with Crippen LogP contribution in [0.15, 0.2) is 12.2 Å². The summed E-state index contributed by atoms with van der Waals surface area (Å²) < 4.78 is 5.00. The number of rotatable bonds is 5. The van der Waals surface area contributed by atoms with Crippen LogP contribution in [0.1, 0.15) is 13.3 Å². The summed E-state index contributed by atoms with van der Waals surface area (Å²) in [5, 5.41) is 0. The Labute approximate surface area is 60.9 Å².